The molecule has 0 unspecified atom stereocenters. The van der Waals surface area contributed by atoms with Gasteiger partial charge < -0.3 is 30.0 Å². The van der Waals surface area contributed by atoms with Crippen LogP contribution in [-0.2, 0) is 32.2 Å². The van der Waals surface area contributed by atoms with Gasteiger partial charge in [-0.1, -0.05) is 67.6 Å². The summed E-state index contributed by atoms with van der Waals surface area (Å²) >= 11 is 0. The molecule has 0 aliphatic carbocycles. The molecule has 0 aromatic heterocycles. The average molecular weight is 644 g/mol. The van der Waals surface area contributed by atoms with E-state index in [0.29, 0.717) is 19.6 Å². The number of urea groups is 1. The minimum absolute atomic E-state index is 0.0108. The second-order valence-corrected chi connectivity index (χ2v) is 13.5. The Labute approximate surface area is 278 Å². The predicted octanol–water partition coefficient (Wildman–Crippen LogP) is 6.26. The lowest BCUT2D eigenvalue weighted by Crippen LogP contribution is -2.48. The monoisotopic (exact) mass is 643 g/mol. The summed E-state index contributed by atoms with van der Waals surface area (Å²) in [7, 11) is 0. The number of nitrogens with zero attached hydrogens (tertiary/aromatic N) is 1. The van der Waals surface area contributed by atoms with Crippen molar-refractivity contribution in [1.29, 1.82) is 0 Å². The summed E-state index contributed by atoms with van der Waals surface area (Å²) in [6.45, 7) is 12.1. The van der Waals surface area contributed by atoms with E-state index in [-0.39, 0.29) is 42.8 Å². The van der Waals surface area contributed by atoms with Gasteiger partial charge in [0, 0.05) is 31.1 Å². The summed E-state index contributed by atoms with van der Waals surface area (Å²) in [4.78, 5) is 27.3. The van der Waals surface area contributed by atoms with Crippen molar-refractivity contribution in [3.8, 4) is 11.1 Å². The van der Waals surface area contributed by atoms with Crippen molar-refractivity contribution < 1.29 is 28.9 Å². The van der Waals surface area contributed by atoms with Gasteiger partial charge in [0.15, 0.2) is 6.29 Å². The van der Waals surface area contributed by atoms with Crippen molar-refractivity contribution in [2.45, 2.75) is 90.8 Å². The van der Waals surface area contributed by atoms with Crippen LogP contribution in [0.1, 0.15) is 82.1 Å². The molecule has 9 heteroatoms. The molecule has 2 aliphatic heterocycles. The second kappa shape index (κ2) is 15.4. The number of likely N-dealkylation sites (tertiary alicyclic amines) is 1. The number of ether oxygens (including phenoxy) is 3. The van der Waals surface area contributed by atoms with Crippen molar-refractivity contribution in [2.75, 3.05) is 19.6 Å². The highest BCUT2D eigenvalue weighted by atomic mass is 16.7. The minimum Gasteiger partial charge on any atom is -0.459 e. The fraction of sp³-hybridized carbons (Fsp3) is 0.474. The lowest BCUT2D eigenvalue weighted by Gasteiger charge is -2.43. The van der Waals surface area contributed by atoms with E-state index in [0.717, 1.165) is 52.8 Å². The molecular formula is C38H49N3O6. The third-order valence-electron chi connectivity index (χ3n) is 8.79. The minimum atomic E-state index is -0.635. The van der Waals surface area contributed by atoms with Crippen LogP contribution in [0.3, 0.4) is 0 Å². The summed E-state index contributed by atoms with van der Waals surface area (Å²) in [5.41, 5.74) is 5.24. The Kier molecular flexibility index (Phi) is 11.3. The molecule has 0 radical (unpaired) electrons. The number of benzene rings is 3. The highest BCUT2D eigenvalue weighted by molar-refractivity contribution is 5.76. The first-order valence-corrected chi connectivity index (χ1v) is 16.7. The van der Waals surface area contributed by atoms with Gasteiger partial charge in [-0.15, -0.1) is 0 Å². The number of nitrogens with one attached hydrogen (secondary N) is 2. The first-order chi connectivity index (χ1) is 22.5. The molecule has 252 valence electrons. The molecule has 2 fully saturated rings. The first-order valence-electron chi connectivity index (χ1n) is 16.7. The predicted molar refractivity (Wildman–Crippen MR) is 181 cm³/mol. The van der Waals surface area contributed by atoms with Gasteiger partial charge in [-0.25, -0.2) is 4.79 Å². The standard InChI is InChI=1S/C38H49N3O6/c1-6-39-37(44)40-22-27-10-7-11-29(20-27)30-12-8-13-31(21-30)36-45-33(23-41-19-9-14-32(41)35(43)47-38(3,4)5)25(2)34(46-36)28-17-15-26(24-42)16-18-28/h7-8,10-13,15-18,20-21,25,32-34,36,42H,6,9,14,19,22-24H2,1-5H3,(H2,39,40,44)/t25-,32-,33+,34+,36+/m0/s1. The topological polar surface area (TPSA) is 109 Å². The van der Waals surface area contributed by atoms with Gasteiger partial charge in [-0.3, -0.25) is 9.69 Å². The maximum Gasteiger partial charge on any atom is 0.323 e. The third-order valence-corrected chi connectivity index (χ3v) is 8.79. The molecule has 9 nitrogen and oxygen atoms in total. The number of esters is 1. The van der Waals surface area contributed by atoms with Crippen LogP contribution in [-0.4, -0.2) is 59.4 Å². The largest absolute Gasteiger partial charge is 0.459 e. The zero-order valence-corrected chi connectivity index (χ0v) is 28.2. The fourth-order valence-electron chi connectivity index (χ4n) is 6.37. The highest BCUT2D eigenvalue weighted by Gasteiger charge is 2.42. The molecule has 0 bridgehead atoms. The molecule has 5 atom stereocenters. The molecule has 47 heavy (non-hydrogen) atoms. The average Bonchev–Trinajstić information content (AvgIpc) is 3.53. The Morgan fingerprint density at radius 2 is 1.66 bits per heavy atom. The van der Waals surface area contributed by atoms with Crippen molar-refractivity contribution in [1.82, 2.24) is 15.5 Å². The normalized spacial score (nSPS) is 23.3. The Hall–Kier alpha value is -3.76. The van der Waals surface area contributed by atoms with Gasteiger partial charge in [0.1, 0.15) is 11.6 Å². The quantitative estimate of drug-likeness (QED) is 0.224. The zero-order valence-electron chi connectivity index (χ0n) is 28.2. The number of carbonyl (C=O) groups is 2. The number of amides is 2. The van der Waals surface area contributed by atoms with E-state index in [1.807, 2.05) is 76.2 Å². The van der Waals surface area contributed by atoms with Crippen LogP contribution in [0.25, 0.3) is 11.1 Å². The number of aliphatic hydroxyl groups is 1. The summed E-state index contributed by atoms with van der Waals surface area (Å²) in [5, 5.41) is 15.3. The Morgan fingerprint density at radius 3 is 2.36 bits per heavy atom. The van der Waals surface area contributed by atoms with E-state index < -0.39 is 11.9 Å². The summed E-state index contributed by atoms with van der Waals surface area (Å²) in [6.07, 6.45) is 0.579. The van der Waals surface area contributed by atoms with E-state index in [4.69, 9.17) is 14.2 Å². The smallest absolute Gasteiger partial charge is 0.323 e. The molecule has 0 saturated carbocycles. The SMILES string of the molecule is CCNC(=O)NCc1cccc(-c2cccc([C@@H]3O[C@H](CN4CCC[C@H]4C(=O)OC(C)(C)C)[C@H](C)[C@H](c4ccc(CO)cc4)O3)c2)c1. The Bertz CT molecular complexity index is 1500. The molecule has 3 N–H and O–H groups in total. The molecule has 3 aromatic rings. The van der Waals surface area contributed by atoms with Crippen LogP contribution in [0.5, 0.6) is 0 Å². The van der Waals surface area contributed by atoms with Gasteiger partial charge in [0.2, 0.25) is 0 Å². The van der Waals surface area contributed by atoms with Crippen molar-refractivity contribution >= 4 is 12.0 Å². The van der Waals surface area contributed by atoms with Crippen LogP contribution >= 0.6 is 0 Å². The van der Waals surface area contributed by atoms with Crippen LogP contribution in [0.4, 0.5) is 4.79 Å². The van der Waals surface area contributed by atoms with E-state index in [1.54, 1.807) is 0 Å². The summed E-state index contributed by atoms with van der Waals surface area (Å²) in [5.74, 6) is -0.193. The molecular weight excluding hydrogens is 594 g/mol. The van der Waals surface area contributed by atoms with Crippen LogP contribution in [0, 0.1) is 5.92 Å². The molecule has 0 spiro atoms. The van der Waals surface area contributed by atoms with Gasteiger partial charge in [-0.05, 0) is 87.0 Å². The van der Waals surface area contributed by atoms with Crippen molar-refractivity contribution in [3.63, 3.8) is 0 Å². The molecule has 2 amide bonds. The molecule has 2 aliphatic rings. The summed E-state index contributed by atoms with van der Waals surface area (Å²) in [6, 6.07) is 23.7. The number of aliphatic hydroxyl groups excluding tert-OH is 1. The van der Waals surface area contributed by atoms with Gasteiger partial charge >= 0.3 is 12.0 Å². The lowest BCUT2D eigenvalue weighted by atomic mass is 9.89. The van der Waals surface area contributed by atoms with E-state index >= 15 is 0 Å². The first kappa shape index (κ1) is 34.6. The summed E-state index contributed by atoms with van der Waals surface area (Å²) < 4.78 is 19.3. The number of hydrogen-bond acceptors (Lipinski definition) is 7. The van der Waals surface area contributed by atoms with E-state index in [9.17, 15) is 14.7 Å². The van der Waals surface area contributed by atoms with Gasteiger partial charge in [0.05, 0.1) is 18.8 Å². The Morgan fingerprint density at radius 1 is 0.936 bits per heavy atom. The van der Waals surface area contributed by atoms with Crippen LogP contribution in [0.2, 0.25) is 0 Å². The van der Waals surface area contributed by atoms with Gasteiger partial charge in [0.25, 0.3) is 0 Å². The maximum atomic E-state index is 13.2. The van der Waals surface area contributed by atoms with Gasteiger partial charge in [-0.2, -0.15) is 0 Å². The number of rotatable bonds is 10. The van der Waals surface area contributed by atoms with Crippen LogP contribution in [0.15, 0.2) is 72.8 Å². The molecule has 2 heterocycles. The third kappa shape index (κ3) is 8.99. The fourth-order valence-corrected chi connectivity index (χ4v) is 6.37. The Balaban J connectivity index is 1.40. The van der Waals surface area contributed by atoms with Crippen molar-refractivity contribution in [2.24, 2.45) is 5.92 Å². The molecule has 2 saturated heterocycles. The lowest BCUT2D eigenvalue weighted by molar-refractivity contribution is -0.276. The second-order valence-electron chi connectivity index (χ2n) is 13.5. The molecule has 3 aromatic carbocycles. The van der Waals surface area contributed by atoms with Crippen molar-refractivity contribution in [3.05, 3.63) is 95.1 Å². The highest BCUT2D eigenvalue weighted by Crippen LogP contribution is 2.43. The molecule has 5 rings (SSSR count). The number of carbonyl (C=O) groups excluding carboxylic acids is 2. The van der Waals surface area contributed by atoms with Crippen LogP contribution < -0.4 is 10.6 Å². The maximum absolute atomic E-state index is 13.2. The number of hydrogen-bond donors (Lipinski definition) is 3. The zero-order chi connectivity index (χ0) is 33.6. The van der Waals surface area contributed by atoms with E-state index in [2.05, 4.69) is 46.7 Å². The van der Waals surface area contributed by atoms with E-state index in [1.165, 1.54) is 0 Å².